The third-order valence-electron chi connectivity index (χ3n) is 2.95. The zero-order valence-electron chi connectivity index (χ0n) is 10.8. The average Bonchev–Trinajstić information content (AvgIpc) is 2.30. The molecule has 0 bridgehead atoms. The molecule has 3 atom stereocenters. The van der Waals surface area contributed by atoms with Crippen LogP contribution in [0.3, 0.4) is 0 Å². The summed E-state index contributed by atoms with van der Waals surface area (Å²) in [7, 11) is 2.85. The molecule has 1 aliphatic heterocycles. The van der Waals surface area contributed by atoms with Gasteiger partial charge in [-0.2, -0.15) is 0 Å². The van der Waals surface area contributed by atoms with Crippen LogP contribution in [0.1, 0.15) is 20.8 Å². The Morgan fingerprint density at radius 3 is 2.41 bits per heavy atom. The van der Waals surface area contributed by atoms with E-state index in [2.05, 4.69) is 5.16 Å². The molecule has 6 nitrogen and oxygen atoms in total. The molecule has 1 saturated heterocycles. The minimum Gasteiger partial charge on any atom is -0.410 e. The lowest BCUT2D eigenvalue weighted by molar-refractivity contribution is -0.277. The molecule has 0 aromatic rings. The van der Waals surface area contributed by atoms with Gasteiger partial charge >= 0.3 is 0 Å². The summed E-state index contributed by atoms with van der Waals surface area (Å²) in [4.78, 5) is 12.0. The van der Waals surface area contributed by atoms with E-state index >= 15 is 0 Å². The fraction of sp³-hybridized carbons (Fsp3) is 0.818. The smallest absolute Gasteiger partial charge is 0.212 e. The van der Waals surface area contributed by atoms with Crippen LogP contribution < -0.4 is 0 Å². The van der Waals surface area contributed by atoms with Gasteiger partial charge < -0.3 is 19.4 Å². The third kappa shape index (κ3) is 2.34. The maximum absolute atomic E-state index is 12.0. The number of hydrogen-bond donors (Lipinski definition) is 1. The fourth-order valence-corrected chi connectivity index (χ4v) is 1.91. The number of rotatable bonds is 3. The standard InChI is InChI=1S/C11H19NO5/c1-6(2)9-8(13)7(12-14)10(15-4)11(3,16-5)17-9/h6,9-10,14H,1-5H3. The van der Waals surface area contributed by atoms with Crippen molar-refractivity contribution >= 4 is 11.5 Å². The number of nitrogens with zero attached hydrogens (tertiary/aromatic N) is 1. The molecule has 0 aromatic carbocycles. The lowest BCUT2D eigenvalue weighted by atomic mass is 9.90. The quantitative estimate of drug-likeness (QED) is 0.588. The van der Waals surface area contributed by atoms with Crippen LogP contribution in [-0.4, -0.2) is 48.9 Å². The fourth-order valence-electron chi connectivity index (χ4n) is 1.91. The Bertz CT molecular complexity index is 328. The molecule has 0 amide bonds. The van der Waals surface area contributed by atoms with Crippen molar-refractivity contribution in [3.8, 4) is 0 Å². The molecule has 0 aromatic heterocycles. The summed E-state index contributed by atoms with van der Waals surface area (Å²) >= 11 is 0. The summed E-state index contributed by atoms with van der Waals surface area (Å²) in [5.41, 5.74) is -0.0678. The van der Waals surface area contributed by atoms with Gasteiger partial charge in [-0.05, 0) is 12.8 Å². The van der Waals surface area contributed by atoms with Gasteiger partial charge in [-0.1, -0.05) is 19.0 Å². The van der Waals surface area contributed by atoms with Crippen LogP contribution in [0.2, 0.25) is 0 Å². The maximum Gasteiger partial charge on any atom is 0.212 e. The average molecular weight is 245 g/mol. The Hall–Kier alpha value is -0.980. The van der Waals surface area contributed by atoms with E-state index in [0.717, 1.165) is 0 Å². The summed E-state index contributed by atoms with van der Waals surface area (Å²) in [5.74, 6) is -1.56. The first kappa shape index (κ1) is 14.1. The van der Waals surface area contributed by atoms with Crippen molar-refractivity contribution in [1.29, 1.82) is 0 Å². The van der Waals surface area contributed by atoms with Gasteiger partial charge in [0.25, 0.3) is 0 Å². The van der Waals surface area contributed by atoms with Crippen molar-refractivity contribution in [2.24, 2.45) is 11.1 Å². The molecule has 1 heterocycles. The number of ketones is 1. The van der Waals surface area contributed by atoms with Gasteiger partial charge in [0.2, 0.25) is 5.78 Å². The number of Topliss-reactive ketones (excluding diaryl/α,β-unsaturated/α-hetero) is 1. The van der Waals surface area contributed by atoms with Crippen molar-refractivity contribution < 1.29 is 24.2 Å². The molecule has 1 aliphatic rings. The van der Waals surface area contributed by atoms with Gasteiger partial charge in [0.1, 0.15) is 6.10 Å². The Morgan fingerprint density at radius 1 is 1.47 bits per heavy atom. The van der Waals surface area contributed by atoms with E-state index in [1.807, 2.05) is 13.8 Å². The van der Waals surface area contributed by atoms with Crippen molar-refractivity contribution in [3.05, 3.63) is 0 Å². The van der Waals surface area contributed by atoms with Crippen LogP contribution in [-0.2, 0) is 19.0 Å². The zero-order chi connectivity index (χ0) is 13.2. The van der Waals surface area contributed by atoms with Gasteiger partial charge in [-0.25, -0.2) is 0 Å². The molecule has 0 aliphatic carbocycles. The van der Waals surface area contributed by atoms with E-state index in [4.69, 9.17) is 19.4 Å². The third-order valence-corrected chi connectivity index (χ3v) is 2.95. The van der Waals surface area contributed by atoms with Crippen LogP contribution in [0.25, 0.3) is 0 Å². The summed E-state index contributed by atoms with van der Waals surface area (Å²) in [6.07, 6.45) is -1.54. The summed E-state index contributed by atoms with van der Waals surface area (Å²) in [6.45, 7) is 5.34. The minimum atomic E-state index is -1.14. The molecule has 1 fully saturated rings. The van der Waals surface area contributed by atoms with Crippen LogP contribution in [0, 0.1) is 5.92 Å². The van der Waals surface area contributed by atoms with E-state index in [0.29, 0.717) is 0 Å². The molecule has 0 spiro atoms. The molecule has 3 unspecified atom stereocenters. The lowest BCUT2D eigenvalue weighted by Crippen LogP contribution is -2.61. The summed E-state index contributed by atoms with van der Waals surface area (Å²) < 4.78 is 16.0. The van der Waals surface area contributed by atoms with Gasteiger partial charge in [-0.3, -0.25) is 4.79 Å². The highest BCUT2D eigenvalue weighted by molar-refractivity contribution is 6.43. The van der Waals surface area contributed by atoms with Crippen molar-refractivity contribution in [1.82, 2.24) is 0 Å². The largest absolute Gasteiger partial charge is 0.410 e. The minimum absolute atomic E-state index is 0.0495. The zero-order valence-corrected chi connectivity index (χ0v) is 10.8. The van der Waals surface area contributed by atoms with Crippen LogP contribution in [0.4, 0.5) is 0 Å². The van der Waals surface area contributed by atoms with E-state index in [1.165, 1.54) is 14.2 Å². The second-order valence-electron chi connectivity index (χ2n) is 4.47. The van der Waals surface area contributed by atoms with E-state index in [1.54, 1.807) is 6.92 Å². The Labute approximate surface area is 101 Å². The van der Waals surface area contributed by atoms with Crippen molar-refractivity contribution in [2.45, 2.75) is 38.8 Å². The Kier molecular flexibility index (Phi) is 4.24. The first-order valence-corrected chi connectivity index (χ1v) is 5.43. The van der Waals surface area contributed by atoms with Crippen LogP contribution in [0.15, 0.2) is 5.16 Å². The van der Waals surface area contributed by atoms with Gasteiger partial charge in [0, 0.05) is 14.2 Å². The molecule has 1 rings (SSSR count). The number of carbonyl (C=O) groups is 1. The van der Waals surface area contributed by atoms with Crippen LogP contribution in [0.5, 0.6) is 0 Å². The van der Waals surface area contributed by atoms with Crippen molar-refractivity contribution in [3.63, 3.8) is 0 Å². The molecular weight excluding hydrogens is 226 g/mol. The number of ether oxygens (including phenoxy) is 3. The molecule has 0 radical (unpaired) electrons. The number of methoxy groups -OCH3 is 2. The number of hydrogen-bond acceptors (Lipinski definition) is 6. The van der Waals surface area contributed by atoms with E-state index in [9.17, 15) is 4.79 Å². The van der Waals surface area contributed by atoms with Gasteiger partial charge in [0.15, 0.2) is 17.6 Å². The monoisotopic (exact) mass is 245 g/mol. The molecule has 1 N–H and O–H groups in total. The Morgan fingerprint density at radius 2 is 2.06 bits per heavy atom. The van der Waals surface area contributed by atoms with E-state index in [-0.39, 0.29) is 17.4 Å². The normalized spacial score (nSPS) is 36.8. The first-order chi connectivity index (χ1) is 7.91. The van der Waals surface area contributed by atoms with Crippen molar-refractivity contribution in [2.75, 3.05) is 14.2 Å². The predicted molar refractivity (Wildman–Crippen MR) is 60.2 cm³/mol. The van der Waals surface area contributed by atoms with Crippen LogP contribution >= 0.6 is 0 Å². The molecule has 17 heavy (non-hydrogen) atoms. The van der Waals surface area contributed by atoms with Gasteiger partial charge in [0.05, 0.1) is 0 Å². The maximum atomic E-state index is 12.0. The highest BCUT2D eigenvalue weighted by Crippen LogP contribution is 2.31. The topological polar surface area (TPSA) is 77.4 Å². The Balaban J connectivity index is 3.16. The molecule has 0 saturated carbocycles. The summed E-state index contributed by atoms with van der Waals surface area (Å²) in [6, 6.07) is 0. The highest BCUT2D eigenvalue weighted by Gasteiger charge is 2.52. The second-order valence-corrected chi connectivity index (χ2v) is 4.47. The molecule has 6 heteroatoms. The highest BCUT2D eigenvalue weighted by atomic mass is 16.7. The number of oxime groups is 1. The van der Waals surface area contributed by atoms with E-state index < -0.39 is 18.0 Å². The number of carbonyl (C=O) groups excluding carboxylic acids is 1. The predicted octanol–water partition coefficient (Wildman–Crippen LogP) is 0.818. The first-order valence-electron chi connectivity index (χ1n) is 5.43. The molecule has 98 valence electrons. The molecular formula is C11H19NO5. The van der Waals surface area contributed by atoms with Gasteiger partial charge in [-0.15, -0.1) is 0 Å². The summed E-state index contributed by atoms with van der Waals surface area (Å²) in [5, 5.41) is 12.0. The SMILES string of the molecule is COC1C(=NO)C(=O)C(C(C)C)OC1(C)OC. The lowest BCUT2D eigenvalue weighted by Gasteiger charge is -2.42. The second kappa shape index (κ2) is 5.12.